The van der Waals surface area contributed by atoms with Crippen LogP contribution in [0.15, 0.2) is 63.0 Å². The zero-order valence-electron chi connectivity index (χ0n) is 29.8. The lowest BCUT2D eigenvalue weighted by molar-refractivity contribution is -0.338. The van der Waals surface area contributed by atoms with Crippen LogP contribution in [-0.2, 0) is 23.8 Å². The van der Waals surface area contributed by atoms with E-state index in [4.69, 9.17) is 29.1 Å². The van der Waals surface area contributed by atoms with E-state index in [-0.39, 0.29) is 46.4 Å². The molecule has 20 nitrogen and oxygen atoms in total. The number of esters is 1. The van der Waals surface area contributed by atoms with Gasteiger partial charge in [-0.1, -0.05) is 13.0 Å². The number of aliphatic hydroxyl groups excluding tert-OH is 6. The molecule has 1 unspecified atom stereocenters. The number of benzene rings is 2. The van der Waals surface area contributed by atoms with E-state index < -0.39 is 108 Å². The number of phenolic OH excluding ortho intramolecular Hbond substituents is 3. The molecule has 2 aromatic carbocycles. The number of hydrogen-bond acceptors (Lipinski definition) is 19. The molecule has 5 heterocycles. The Morgan fingerprint density at radius 2 is 1.67 bits per heavy atom. The van der Waals surface area contributed by atoms with Gasteiger partial charge in [-0.05, 0) is 42.2 Å². The fourth-order valence-corrected chi connectivity index (χ4v) is 7.55. The summed E-state index contributed by atoms with van der Waals surface area (Å²) in [5.74, 6) is -8.59. The monoisotopic (exact) mass is 800 g/mol. The van der Waals surface area contributed by atoms with Crippen molar-refractivity contribution in [2.75, 3.05) is 0 Å². The molecule has 12 atom stereocenters. The Bertz CT molecular complexity index is 2220. The smallest absolute Gasteiger partial charge is 0.340 e. The van der Waals surface area contributed by atoms with Gasteiger partial charge in [0.1, 0.15) is 64.9 Å². The van der Waals surface area contributed by atoms with Crippen molar-refractivity contribution in [3.05, 3.63) is 69.5 Å². The number of phenols is 3. The van der Waals surface area contributed by atoms with E-state index in [1.807, 2.05) is 6.92 Å². The number of fused-ring (bicyclic) bond motifs is 2. The van der Waals surface area contributed by atoms with Crippen LogP contribution >= 0.6 is 0 Å². The number of carboxylic acid groups (broad SMARTS) is 1. The van der Waals surface area contributed by atoms with Crippen LogP contribution in [0, 0.1) is 0 Å². The predicted molar refractivity (Wildman–Crippen MR) is 189 cm³/mol. The SMILES string of the molecule is CCC1=CC([C@@H]2CC[C@]3(Oc4cc5oc(-c6ccc(O)c(O)c6)cc(=O)c5c(O)c42)O[C@H](C(=O)O[C@H]2O[C@H](C(=O)O)[C@@H](O)[C@H](O)[C@H]2O)[C@@H](O)[C@H](O)[C@H]3O)=CNC1N. The Labute approximate surface area is 320 Å². The summed E-state index contributed by atoms with van der Waals surface area (Å²) in [6.07, 6.45) is -16.8. The molecule has 57 heavy (non-hydrogen) atoms. The molecule has 7 rings (SSSR count). The van der Waals surface area contributed by atoms with Gasteiger partial charge in [0.15, 0.2) is 29.1 Å². The van der Waals surface area contributed by atoms with Crippen LogP contribution in [0.1, 0.15) is 37.7 Å². The lowest BCUT2D eigenvalue weighted by Crippen LogP contribution is -2.68. The van der Waals surface area contributed by atoms with Crippen LogP contribution in [0.25, 0.3) is 22.3 Å². The molecular formula is C37H40N2O18. The topological polar surface area (TPSA) is 342 Å². The molecule has 2 fully saturated rings. The normalized spacial score (nSPS) is 33.9. The minimum atomic E-state index is -2.45. The third kappa shape index (κ3) is 6.83. The van der Waals surface area contributed by atoms with Crippen molar-refractivity contribution < 1.29 is 84.0 Å². The van der Waals surface area contributed by atoms with Crippen LogP contribution < -0.4 is 21.2 Å². The molecule has 3 aromatic rings. The lowest BCUT2D eigenvalue weighted by Gasteiger charge is -2.47. The van der Waals surface area contributed by atoms with Gasteiger partial charge in [0, 0.05) is 41.8 Å². The first-order valence-corrected chi connectivity index (χ1v) is 17.8. The number of nitrogens with one attached hydrogen (secondary N) is 1. The quantitative estimate of drug-likeness (QED) is 0.100. The lowest BCUT2D eigenvalue weighted by atomic mass is 9.81. The number of carboxylic acids is 1. The van der Waals surface area contributed by atoms with Crippen molar-refractivity contribution in [2.24, 2.45) is 5.73 Å². The van der Waals surface area contributed by atoms with E-state index >= 15 is 0 Å². The molecule has 2 saturated heterocycles. The van der Waals surface area contributed by atoms with Gasteiger partial charge in [-0.3, -0.25) is 4.79 Å². The Morgan fingerprint density at radius 3 is 2.35 bits per heavy atom. The van der Waals surface area contributed by atoms with Crippen LogP contribution in [0.2, 0.25) is 0 Å². The van der Waals surface area contributed by atoms with E-state index in [0.717, 1.165) is 23.8 Å². The van der Waals surface area contributed by atoms with E-state index in [9.17, 15) is 65.4 Å². The van der Waals surface area contributed by atoms with Crippen molar-refractivity contribution in [1.29, 1.82) is 0 Å². The molecule has 1 spiro atoms. The number of aromatic hydroxyl groups is 3. The number of carbonyl (C=O) groups excluding carboxylic acids is 1. The summed E-state index contributed by atoms with van der Waals surface area (Å²) >= 11 is 0. The highest BCUT2D eigenvalue weighted by Gasteiger charge is 2.60. The minimum absolute atomic E-state index is 0.00143. The maximum atomic E-state index is 13.7. The predicted octanol–water partition coefficient (Wildman–Crippen LogP) is -1.45. The molecule has 13 N–H and O–H groups in total. The average molecular weight is 801 g/mol. The summed E-state index contributed by atoms with van der Waals surface area (Å²) in [6.45, 7) is 1.87. The van der Waals surface area contributed by atoms with Gasteiger partial charge in [-0.15, -0.1) is 0 Å². The first-order chi connectivity index (χ1) is 27.0. The summed E-state index contributed by atoms with van der Waals surface area (Å²) < 4.78 is 28.4. The standard InChI is InChI=1S/C37H40N2O18/c1-2-12-7-14(11-39-33(12)38)15-5-6-37(32(49)28(47)27(46)31(57-37)35(52)55-36-29(48)25(44)26(45)30(54-36)34(50)51)56-21-10-20-23(24(43)22(15)21)18(42)9-19(53-20)13-3-4-16(40)17(41)8-13/h3-4,7-11,15,25-33,36,39-41,43-49H,2,5-6,38H2,1H3,(H,50,51)/t15-,25-,26-,27-,28-,29+,30-,31-,32+,33?,36+,37-/m0/s1. The van der Waals surface area contributed by atoms with E-state index in [1.165, 1.54) is 12.1 Å². The average Bonchev–Trinajstić information content (AvgIpc) is 3.34. The molecule has 0 amide bonds. The van der Waals surface area contributed by atoms with Gasteiger partial charge in [0.2, 0.25) is 12.1 Å². The summed E-state index contributed by atoms with van der Waals surface area (Å²) in [5, 5.41) is 108. The number of hydrogen-bond donors (Lipinski definition) is 12. The first kappa shape index (κ1) is 39.9. The van der Waals surface area contributed by atoms with Crippen molar-refractivity contribution in [3.8, 4) is 34.3 Å². The second kappa shape index (κ2) is 14.9. The van der Waals surface area contributed by atoms with Gasteiger partial charge < -0.3 is 85.5 Å². The van der Waals surface area contributed by atoms with Crippen LogP contribution in [0.3, 0.4) is 0 Å². The van der Waals surface area contributed by atoms with Crippen LogP contribution in [-0.4, -0.2) is 130 Å². The molecule has 0 bridgehead atoms. The number of rotatable bonds is 6. The molecule has 20 heteroatoms. The summed E-state index contributed by atoms with van der Waals surface area (Å²) in [5.41, 5.74) is 6.69. The second-order valence-electron chi connectivity index (χ2n) is 14.2. The molecule has 1 aromatic heterocycles. The Kier molecular flexibility index (Phi) is 10.4. The third-order valence-corrected chi connectivity index (χ3v) is 10.7. The largest absolute Gasteiger partial charge is 0.507 e. The molecule has 0 saturated carbocycles. The first-order valence-electron chi connectivity index (χ1n) is 17.8. The maximum absolute atomic E-state index is 13.7. The number of dihydropyridines is 1. The van der Waals surface area contributed by atoms with Crippen molar-refractivity contribution in [2.45, 2.75) is 99.2 Å². The zero-order chi connectivity index (χ0) is 41.2. The van der Waals surface area contributed by atoms with Crippen molar-refractivity contribution in [3.63, 3.8) is 0 Å². The molecule has 0 aliphatic carbocycles. The van der Waals surface area contributed by atoms with E-state index in [0.29, 0.717) is 12.0 Å². The van der Waals surface area contributed by atoms with Crippen LogP contribution in [0.4, 0.5) is 0 Å². The summed E-state index contributed by atoms with van der Waals surface area (Å²) in [4.78, 5) is 38.9. The van der Waals surface area contributed by atoms with Crippen molar-refractivity contribution in [1.82, 2.24) is 5.32 Å². The minimum Gasteiger partial charge on any atom is -0.507 e. The maximum Gasteiger partial charge on any atom is 0.340 e. The Balaban J connectivity index is 1.32. The summed E-state index contributed by atoms with van der Waals surface area (Å²) in [6, 6.07) is 5.92. The van der Waals surface area contributed by atoms with Gasteiger partial charge in [-0.25, -0.2) is 9.59 Å². The molecule has 306 valence electrons. The fourth-order valence-electron chi connectivity index (χ4n) is 7.55. The number of carbonyl (C=O) groups is 2. The Hall–Kier alpha value is -5.29. The summed E-state index contributed by atoms with van der Waals surface area (Å²) in [7, 11) is 0. The zero-order valence-corrected chi connectivity index (χ0v) is 29.8. The third-order valence-electron chi connectivity index (χ3n) is 10.7. The molecular weight excluding hydrogens is 760 g/mol. The van der Waals surface area contributed by atoms with Crippen molar-refractivity contribution >= 4 is 22.9 Å². The highest BCUT2D eigenvalue weighted by Crippen LogP contribution is 2.52. The number of allylic oxidation sites excluding steroid dienone is 2. The highest BCUT2D eigenvalue weighted by molar-refractivity contribution is 5.89. The number of nitrogens with two attached hydrogens (primary N) is 1. The number of aliphatic hydroxyl groups is 6. The van der Waals surface area contributed by atoms with Gasteiger partial charge in [0.05, 0.1) is 6.17 Å². The highest BCUT2D eigenvalue weighted by atomic mass is 16.8. The number of aliphatic carboxylic acids is 1. The van der Waals surface area contributed by atoms with Crippen LogP contribution in [0.5, 0.6) is 23.0 Å². The van der Waals surface area contributed by atoms with E-state index in [1.54, 1.807) is 12.3 Å². The fraction of sp³-hybridized carbons (Fsp3) is 0.432. The van der Waals surface area contributed by atoms with Gasteiger partial charge >= 0.3 is 11.9 Å². The second-order valence-corrected chi connectivity index (χ2v) is 14.2. The number of ether oxygens (including phenoxy) is 4. The van der Waals surface area contributed by atoms with Gasteiger partial charge in [-0.2, -0.15) is 0 Å². The molecule has 4 aliphatic heterocycles. The molecule has 4 aliphatic rings. The Morgan fingerprint density at radius 1 is 0.947 bits per heavy atom. The molecule has 0 radical (unpaired) electrons. The van der Waals surface area contributed by atoms with Gasteiger partial charge in [0.25, 0.3) is 0 Å². The van der Waals surface area contributed by atoms with E-state index in [2.05, 4.69) is 5.32 Å².